The average molecular weight is 431 g/mol. The van der Waals surface area contributed by atoms with E-state index in [-0.39, 0.29) is 22.8 Å². The molecule has 1 heterocycles. The molecule has 1 amide bonds. The lowest BCUT2D eigenvalue weighted by molar-refractivity contribution is -0.123. The summed E-state index contributed by atoms with van der Waals surface area (Å²) >= 11 is 1.17. The Morgan fingerprint density at radius 1 is 1.07 bits per heavy atom. The fourth-order valence-electron chi connectivity index (χ4n) is 2.69. The lowest BCUT2D eigenvalue weighted by Gasteiger charge is -2.19. The van der Waals surface area contributed by atoms with Crippen molar-refractivity contribution in [2.24, 2.45) is 0 Å². The molecular formula is C21H22N2O4S2. The number of carbonyl (C=O) groups excluding carboxylic acids is 1. The van der Waals surface area contributed by atoms with Crippen molar-refractivity contribution in [1.29, 1.82) is 0 Å². The molecule has 0 aliphatic rings. The highest BCUT2D eigenvalue weighted by molar-refractivity contribution is 7.94. The van der Waals surface area contributed by atoms with E-state index in [1.165, 1.54) is 22.7 Å². The van der Waals surface area contributed by atoms with E-state index in [1.54, 1.807) is 41.8 Å². The highest BCUT2D eigenvalue weighted by atomic mass is 32.2. The van der Waals surface area contributed by atoms with Gasteiger partial charge in [-0.05, 0) is 48.2 Å². The summed E-state index contributed by atoms with van der Waals surface area (Å²) in [5.74, 6) is 0.251. The predicted molar refractivity (Wildman–Crippen MR) is 115 cm³/mol. The Bertz CT molecular complexity index is 1030. The highest BCUT2D eigenvalue weighted by Gasteiger charge is 2.22. The largest absolute Gasteiger partial charge is 0.484 e. The Hall–Kier alpha value is -2.84. The quantitative estimate of drug-likeness (QED) is 0.589. The highest BCUT2D eigenvalue weighted by Crippen LogP contribution is 2.26. The Kier molecular flexibility index (Phi) is 6.56. The number of ether oxygens (including phenoxy) is 1. The zero-order valence-corrected chi connectivity index (χ0v) is 17.7. The SMILES string of the molecule is CC(NC(=O)COc1ccc(N(C)S(=O)(=O)c2cccs2)cc1)c1ccccc1. The van der Waals surface area contributed by atoms with Gasteiger partial charge in [0.15, 0.2) is 6.61 Å². The van der Waals surface area contributed by atoms with Crippen molar-refractivity contribution in [1.82, 2.24) is 5.32 Å². The van der Waals surface area contributed by atoms with Crippen molar-refractivity contribution in [3.8, 4) is 5.75 Å². The summed E-state index contributed by atoms with van der Waals surface area (Å²) in [5, 5.41) is 4.60. The fourth-order valence-corrected chi connectivity index (χ4v) is 5.05. The van der Waals surface area contributed by atoms with E-state index in [4.69, 9.17) is 4.74 Å². The number of hydrogen-bond donors (Lipinski definition) is 1. The van der Waals surface area contributed by atoms with Crippen LogP contribution in [0.5, 0.6) is 5.75 Å². The third kappa shape index (κ3) is 5.16. The molecule has 0 saturated carbocycles. The number of hydrogen-bond acceptors (Lipinski definition) is 5. The predicted octanol–water partition coefficient (Wildman–Crippen LogP) is 3.83. The van der Waals surface area contributed by atoms with E-state index in [2.05, 4.69) is 5.32 Å². The number of rotatable bonds is 8. The monoisotopic (exact) mass is 430 g/mol. The first-order chi connectivity index (χ1) is 13.9. The maximum Gasteiger partial charge on any atom is 0.273 e. The van der Waals surface area contributed by atoms with Crippen LogP contribution in [0.2, 0.25) is 0 Å². The van der Waals surface area contributed by atoms with Crippen molar-refractivity contribution in [2.45, 2.75) is 17.2 Å². The number of thiophene rings is 1. The second-order valence-electron chi connectivity index (χ2n) is 6.39. The molecule has 0 spiro atoms. The van der Waals surface area contributed by atoms with E-state index in [1.807, 2.05) is 37.3 Å². The van der Waals surface area contributed by atoms with E-state index in [9.17, 15) is 13.2 Å². The molecule has 1 atom stereocenters. The topological polar surface area (TPSA) is 75.7 Å². The molecule has 29 heavy (non-hydrogen) atoms. The summed E-state index contributed by atoms with van der Waals surface area (Å²) in [6.07, 6.45) is 0. The average Bonchev–Trinajstić information content (AvgIpc) is 3.28. The van der Waals surface area contributed by atoms with Gasteiger partial charge in [0.1, 0.15) is 9.96 Å². The van der Waals surface area contributed by atoms with Gasteiger partial charge in [-0.2, -0.15) is 0 Å². The van der Waals surface area contributed by atoms with Crippen LogP contribution in [-0.4, -0.2) is 28.0 Å². The molecule has 1 N–H and O–H groups in total. The van der Waals surface area contributed by atoms with Gasteiger partial charge in [-0.3, -0.25) is 9.10 Å². The van der Waals surface area contributed by atoms with Gasteiger partial charge in [0.2, 0.25) is 0 Å². The van der Waals surface area contributed by atoms with Crippen LogP contribution in [0.1, 0.15) is 18.5 Å². The molecule has 152 valence electrons. The molecule has 0 saturated heterocycles. The molecular weight excluding hydrogens is 408 g/mol. The molecule has 8 heteroatoms. The Morgan fingerprint density at radius 3 is 2.38 bits per heavy atom. The van der Waals surface area contributed by atoms with Crippen molar-refractivity contribution in [3.05, 3.63) is 77.7 Å². The summed E-state index contributed by atoms with van der Waals surface area (Å²) in [5.41, 5.74) is 1.52. The van der Waals surface area contributed by atoms with Gasteiger partial charge in [0.05, 0.1) is 11.7 Å². The molecule has 0 aliphatic heterocycles. The van der Waals surface area contributed by atoms with Gasteiger partial charge < -0.3 is 10.1 Å². The standard InChI is InChI=1S/C21H22N2O4S2/c1-16(17-7-4-3-5-8-17)22-20(24)15-27-19-12-10-18(11-13-19)23(2)29(25,26)21-9-6-14-28-21/h3-14,16H,15H2,1-2H3,(H,22,24). The van der Waals surface area contributed by atoms with Crippen LogP contribution in [0.15, 0.2) is 76.3 Å². The number of carbonyl (C=O) groups is 1. The van der Waals surface area contributed by atoms with E-state index in [0.29, 0.717) is 11.4 Å². The summed E-state index contributed by atoms with van der Waals surface area (Å²) in [4.78, 5) is 12.1. The fraction of sp³-hybridized carbons (Fsp3) is 0.190. The van der Waals surface area contributed by atoms with Gasteiger partial charge in [0, 0.05) is 7.05 Å². The zero-order chi connectivity index (χ0) is 20.9. The molecule has 2 aromatic carbocycles. The lowest BCUT2D eigenvalue weighted by atomic mass is 10.1. The zero-order valence-electron chi connectivity index (χ0n) is 16.1. The molecule has 1 unspecified atom stereocenters. The minimum Gasteiger partial charge on any atom is -0.484 e. The number of anilines is 1. The summed E-state index contributed by atoms with van der Waals surface area (Å²) in [6, 6.07) is 19.4. The van der Waals surface area contributed by atoms with E-state index in [0.717, 1.165) is 5.56 Å². The molecule has 0 radical (unpaired) electrons. The summed E-state index contributed by atoms with van der Waals surface area (Å²) in [7, 11) is -2.08. The van der Waals surface area contributed by atoms with Gasteiger partial charge in [0.25, 0.3) is 15.9 Å². The van der Waals surface area contributed by atoms with Gasteiger partial charge in [-0.15, -0.1) is 11.3 Å². The van der Waals surface area contributed by atoms with Crippen molar-refractivity contribution < 1.29 is 17.9 Å². The van der Waals surface area contributed by atoms with Crippen molar-refractivity contribution in [3.63, 3.8) is 0 Å². The molecule has 0 aliphatic carbocycles. The molecule has 3 aromatic rings. The third-order valence-electron chi connectivity index (χ3n) is 4.36. The van der Waals surface area contributed by atoms with Crippen LogP contribution < -0.4 is 14.4 Å². The van der Waals surface area contributed by atoms with E-state index < -0.39 is 10.0 Å². The van der Waals surface area contributed by atoms with Gasteiger partial charge >= 0.3 is 0 Å². The second kappa shape index (κ2) is 9.11. The van der Waals surface area contributed by atoms with Crippen molar-refractivity contribution >= 4 is 33.0 Å². The molecule has 1 aromatic heterocycles. The number of nitrogens with one attached hydrogen (secondary N) is 1. The van der Waals surface area contributed by atoms with Crippen LogP contribution in [-0.2, 0) is 14.8 Å². The maximum absolute atomic E-state index is 12.6. The summed E-state index contributed by atoms with van der Waals surface area (Å²) < 4.78 is 32.2. The van der Waals surface area contributed by atoms with Crippen LogP contribution >= 0.6 is 11.3 Å². The minimum atomic E-state index is -3.58. The number of nitrogens with zero attached hydrogens (tertiary/aromatic N) is 1. The summed E-state index contributed by atoms with van der Waals surface area (Å²) in [6.45, 7) is 1.78. The third-order valence-corrected chi connectivity index (χ3v) is 7.52. The first-order valence-electron chi connectivity index (χ1n) is 8.97. The second-order valence-corrected chi connectivity index (χ2v) is 9.53. The number of benzene rings is 2. The smallest absolute Gasteiger partial charge is 0.273 e. The lowest BCUT2D eigenvalue weighted by Crippen LogP contribution is -2.31. The van der Waals surface area contributed by atoms with Crippen LogP contribution in [0, 0.1) is 0 Å². The normalized spacial score (nSPS) is 12.2. The molecule has 3 rings (SSSR count). The minimum absolute atomic E-state index is 0.120. The first kappa shape index (κ1) is 20.9. The molecule has 0 fully saturated rings. The Balaban J connectivity index is 1.56. The first-order valence-corrected chi connectivity index (χ1v) is 11.3. The van der Waals surface area contributed by atoms with Gasteiger partial charge in [-0.1, -0.05) is 36.4 Å². The van der Waals surface area contributed by atoms with Gasteiger partial charge in [-0.25, -0.2) is 8.42 Å². The Morgan fingerprint density at radius 2 is 1.76 bits per heavy atom. The van der Waals surface area contributed by atoms with Crippen LogP contribution in [0.3, 0.4) is 0 Å². The number of amides is 1. The number of sulfonamides is 1. The van der Waals surface area contributed by atoms with Crippen LogP contribution in [0.25, 0.3) is 0 Å². The Labute approximate surface area is 174 Å². The van der Waals surface area contributed by atoms with Crippen LogP contribution in [0.4, 0.5) is 5.69 Å². The van der Waals surface area contributed by atoms with Crippen molar-refractivity contribution in [2.75, 3.05) is 18.0 Å². The molecule has 0 bridgehead atoms. The maximum atomic E-state index is 12.6. The van der Waals surface area contributed by atoms with E-state index >= 15 is 0 Å². The molecule has 6 nitrogen and oxygen atoms in total.